The molecular formula is C17H15Cl2F2N3O. The number of urea groups is 1. The van der Waals surface area contributed by atoms with Gasteiger partial charge in [-0.15, -0.1) is 0 Å². The molecule has 1 heterocycles. The number of piperazine rings is 1. The van der Waals surface area contributed by atoms with E-state index in [4.69, 9.17) is 23.2 Å². The van der Waals surface area contributed by atoms with E-state index in [9.17, 15) is 13.6 Å². The Bertz CT molecular complexity index is 775. The van der Waals surface area contributed by atoms with E-state index in [1.165, 1.54) is 6.07 Å². The fourth-order valence-corrected chi connectivity index (χ4v) is 3.19. The third-order valence-corrected chi connectivity index (χ3v) is 4.39. The van der Waals surface area contributed by atoms with Gasteiger partial charge in [-0.1, -0.05) is 23.2 Å². The molecule has 0 bridgehead atoms. The van der Waals surface area contributed by atoms with Gasteiger partial charge in [0, 0.05) is 48.0 Å². The van der Waals surface area contributed by atoms with Crippen LogP contribution in [-0.2, 0) is 0 Å². The maximum atomic E-state index is 13.6. The Morgan fingerprint density at radius 1 is 0.960 bits per heavy atom. The molecule has 0 aromatic heterocycles. The highest BCUT2D eigenvalue weighted by Crippen LogP contribution is 2.26. The van der Waals surface area contributed by atoms with Crippen molar-refractivity contribution in [2.45, 2.75) is 0 Å². The fraction of sp³-hybridized carbons (Fsp3) is 0.235. The molecule has 0 unspecified atom stereocenters. The van der Waals surface area contributed by atoms with Gasteiger partial charge < -0.3 is 15.1 Å². The molecule has 8 heteroatoms. The molecule has 0 radical (unpaired) electrons. The van der Waals surface area contributed by atoms with Crippen LogP contribution in [0.1, 0.15) is 0 Å². The largest absolute Gasteiger partial charge is 0.368 e. The topological polar surface area (TPSA) is 35.6 Å². The van der Waals surface area contributed by atoms with E-state index < -0.39 is 17.7 Å². The number of halogens is 4. The lowest BCUT2D eigenvalue weighted by Gasteiger charge is -2.36. The predicted octanol–water partition coefficient (Wildman–Crippen LogP) is 4.63. The monoisotopic (exact) mass is 385 g/mol. The van der Waals surface area contributed by atoms with Crippen LogP contribution in [0.25, 0.3) is 0 Å². The lowest BCUT2D eigenvalue weighted by molar-refractivity contribution is 0.208. The number of rotatable bonds is 2. The van der Waals surface area contributed by atoms with Gasteiger partial charge in [0.15, 0.2) is 0 Å². The summed E-state index contributed by atoms with van der Waals surface area (Å²) in [6, 6.07) is 7.90. The van der Waals surface area contributed by atoms with E-state index >= 15 is 0 Å². The number of anilines is 2. The number of nitrogens with one attached hydrogen (secondary N) is 1. The Morgan fingerprint density at radius 3 is 2.20 bits per heavy atom. The highest BCUT2D eigenvalue weighted by Gasteiger charge is 2.22. The zero-order valence-electron chi connectivity index (χ0n) is 13.1. The molecule has 1 aliphatic rings. The third-order valence-electron chi connectivity index (χ3n) is 3.95. The van der Waals surface area contributed by atoms with Gasteiger partial charge in [0.05, 0.1) is 5.69 Å². The molecule has 1 aliphatic heterocycles. The third kappa shape index (κ3) is 4.32. The van der Waals surface area contributed by atoms with Crippen LogP contribution < -0.4 is 10.2 Å². The number of hydrogen-bond acceptors (Lipinski definition) is 2. The standard InChI is InChI=1S/C17H15Cl2F2N3O/c18-11-7-12(19)9-14(8-11)23-3-5-24(6-4-23)17(25)22-16-2-1-13(20)10-15(16)21/h1-2,7-10H,3-6H2,(H,22,25). The van der Waals surface area contributed by atoms with Crippen molar-refractivity contribution in [2.75, 3.05) is 36.4 Å². The van der Waals surface area contributed by atoms with Crippen molar-refractivity contribution in [3.8, 4) is 0 Å². The van der Waals surface area contributed by atoms with E-state index in [0.29, 0.717) is 36.2 Å². The first-order valence-electron chi connectivity index (χ1n) is 7.64. The average molecular weight is 386 g/mol. The lowest BCUT2D eigenvalue weighted by Crippen LogP contribution is -2.50. The molecule has 0 saturated carbocycles. The number of amides is 2. The summed E-state index contributed by atoms with van der Waals surface area (Å²) in [6.45, 7) is 2.10. The first-order valence-corrected chi connectivity index (χ1v) is 8.40. The van der Waals surface area contributed by atoms with E-state index in [0.717, 1.165) is 17.8 Å². The quantitative estimate of drug-likeness (QED) is 0.817. The highest BCUT2D eigenvalue weighted by atomic mass is 35.5. The Kier molecular flexibility index (Phi) is 5.30. The zero-order valence-corrected chi connectivity index (χ0v) is 14.6. The number of benzene rings is 2. The predicted molar refractivity (Wildman–Crippen MR) is 95.6 cm³/mol. The molecule has 132 valence electrons. The van der Waals surface area contributed by atoms with E-state index in [2.05, 4.69) is 10.2 Å². The highest BCUT2D eigenvalue weighted by molar-refractivity contribution is 6.35. The molecular weight excluding hydrogens is 371 g/mol. The van der Waals surface area contributed by atoms with Gasteiger partial charge >= 0.3 is 6.03 Å². The van der Waals surface area contributed by atoms with Crippen LogP contribution in [0.3, 0.4) is 0 Å². The normalized spacial score (nSPS) is 14.6. The van der Waals surface area contributed by atoms with Crippen molar-refractivity contribution >= 4 is 40.6 Å². The summed E-state index contributed by atoms with van der Waals surface area (Å²) < 4.78 is 26.5. The number of carbonyl (C=O) groups excluding carboxylic acids is 1. The first kappa shape index (κ1) is 17.8. The summed E-state index contributed by atoms with van der Waals surface area (Å²) in [7, 11) is 0. The molecule has 1 fully saturated rings. The molecule has 1 N–H and O–H groups in total. The second-order valence-electron chi connectivity index (χ2n) is 5.66. The fourth-order valence-electron chi connectivity index (χ4n) is 2.67. The van der Waals surface area contributed by atoms with Crippen molar-refractivity contribution in [3.63, 3.8) is 0 Å². The van der Waals surface area contributed by atoms with Gasteiger partial charge in [-0.25, -0.2) is 13.6 Å². The van der Waals surface area contributed by atoms with Gasteiger partial charge in [0.1, 0.15) is 11.6 Å². The number of carbonyl (C=O) groups is 1. The second-order valence-corrected chi connectivity index (χ2v) is 6.53. The molecule has 4 nitrogen and oxygen atoms in total. The zero-order chi connectivity index (χ0) is 18.0. The molecule has 0 spiro atoms. The van der Waals surface area contributed by atoms with Crippen LogP contribution >= 0.6 is 23.2 Å². The molecule has 2 amide bonds. The Balaban J connectivity index is 1.60. The number of nitrogens with zero attached hydrogens (tertiary/aromatic N) is 2. The minimum absolute atomic E-state index is 0.0459. The smallest absolute Gasteiger partial charge is 0.322 e. The van der Waals surface area contributed by atoms with Crippen LogP contribution in [0.2, 0.25) is 10.0 Å². The average Bonchev–Trinajstić information content (AvgIpc) is 2.56. The van der Waals surface area contributed by atoms with E-state index in [1.807, 2.05) is 12.1 Å². The molecule has 0 aliphatic carbocycles. The van der Waals surface area contributed by atoms with Crippen LogP contribution in [0.15, 0.2) is 36.4 Å². The van der Waals surface area contributed by atoms with Crippen molar-refractivity contribution < 1.29 is 13.6 Å². The first-order chi connectivity index (χ1) is 11.9. The van der Waals surface area contributed by atoms with Gasteiger partial charge in [0.2, 0.25) is 0 Å². The minimum Gasteiger partial charge on any atom is -0.368 e. The maximum absolute atomic E-state index is 13.6. The molecule has 3 rings (SSSR count). The lowest BCUT2D eigenvalue weighted by atomic mass is 10.2. The molecule has 2 aromatic rings. The summed E-state index contributed by atoms with van der Waals surface area (Å²) in [6.07, 6.45) is 0. The van der Waals surface area contributed by atoms with Crippen molar-refractivity contribution in [3.05, 3.63) is 58.1 Å². The summed E-state index contributed by atoms with van der Waals surface area (Å²) in [5.41, 5.74) is 0.845. The minimum atomic E-state index is -0.805. The Hall–Kier alpha value is -2.05. The van der Waals surface area contributed by atoms with E-state index in [-0.39, 0.29) is 5.69 Å². The van der Waals surface area contributed by atoms with Crippen molar-refractivity contribution in [2.24, 2.45) is 0 Å². The summed E-state index contributed by atoms with van der Waals surface area (Å²) >= 11 is 12.0. The molecule has 25 heavy (non-hydrogen) atoms. The van der Waals surface area contributed by atoms with Crippen LogP contribution in [-0.4, -0.2) is 37.1 Å². The maximum Gasteiger partial charge on any atom is 0.322 e. The molecule has 2 aromatic carbocycles. The SMILES string of the molecule is O=C(Nc1ccc(F)cc1F)N1CCN(c2cc(Cl)cc(Cl)c2)CC1. The van der Waals surface area contributed by atoms with E-state index in [1.54, 1.807) is 11.0 Å². The van der Waals surface area contributed by atoms with Crippen molar-refractivity contribution in [1.29, 1.82) is 0 Å². The van der Waals surface area contributed by atoms with Crippen LogP contribution in [0.4, 0.5) is 25.0 Å². The van der Waals surface area contributed by atoms with Crippen LogP contribution in [0, 0.1) is 11.6 Å². The Labute approximate surface area is 153 Å². The summed E-state index contributed by atoms with van der Waals surface area (Å²) in [5.74, 6) is -1.50. The van der Waals surface area contributed by atoms with Gasteiger partial charge in [-0.05, 0) is 30.3 Å². The van der Waals surface area contributed by atoms with Crippen LogP contribution in [0.5, 0.6) is 0 Å². The van der Waals surface area contributed by atoms with Gasteiger partial charge in [0.25, 0.3) is 0 Å². The summed E-state index contributed by atoms with van der Waals surface area (Å²) in [5, 5.41) is 3.57. The second kappa shape index (κ2) is 7.45. The molecule has 1 saturated heterocycles. The molecule has 0 atom stereocenters. The van der Waals surface area contributed by atoms with Crippen molar-refractivity contribution in [1.82, 2.24) is 4.90 Å². The Morgan fingerprint density at radius 2 is 1.60 bits per heavy atom. The summed E-state index contributed by atoms with van der Waals surface area (Å²) in [4.78, 5) is 15.9. The van der Waals surface area contributed by atoms with Gasteiger partial charge in [-0.3, -0.25) is 0 Å². The van der Waals surface area contributed by atoms with Gasteiger partial charge in [-0.2, -0.15) is 0 Å². The number of hydrogen-bond donors (Lipinski definition) is 1.